The lowest BCUT2D eigenvalue weighted by molar-refractivity contribution is -0.141. The molecule has 0 aliphatic heterocycles. The van der Waals surface area contributed by atoms with Crippen molar-refractivity contribution in [3.05, 3.63) is 51.4 Å². The summed E-state index contributed by atoms with van der Waals surface area (Å²) in [5.41, 5.74) is -0.0904. The van der Waals surface area contributed by atoms with Gasteiger partial charge >= 0.3 is 6.18 Å². The smallest absolute Gasteiger partial charge is 0.277 e. The first-order valence-electron chi connectivity index (χ1n) is 6.87. The van der Waals surface area contributed by atoms with Gasteiger partial charge in [0.2, 0.25) is 0 Å². The Kier molecular flexibility index (Phi) is 5.43. The fraction of sp³-hybridized carbons (Fsp3) is 0.267. The number of nitrogens with zero attached hydrogens (tertiary/aromatic N) is 1. The van der Waals surface area contributed by atoms with Crippen molar-refractivity contribution in [3.63, 3.8) is 0 Å². The van der Waals surface area contributed by atoms with Gasteiger partial charge in [0.25, 0.3) is 10.0 Å². The number of hydrogen-bond acceptors (Lipinski definition) is 3. The highest BCUT2D eigenvalue weighted by molar-refractivity contribution is 14.1. The summed E-state index contributed by atoms with van der Waals surface area (Å²) in [6.45, 7) is 3.97. The van der Waals surface area contributed by atoms with Crippen molar-refractivity contribution in [1.29, 1.82) is 0 Å². The molecular weight excluding hydrogens is 456 g/mol. The highest BCUT2D eigenvalue weighted by Crippen LogP contribution is 2.30. The molecular formula is C15H14F3IN2O2S. The Labute approximate surface area is 151 Å². The van der Waals surface area contributed by atoms with E-state index in [-0.39, 0.29) is 20.2 Å². The first-order valence-corrected chi connectivity index (χ1v) is 9.43. The molecule has 1 aromatic carbocycles. The summed E-state index contributed by atoms with van der Waals surface area (Å²) in [7, 11) is -3.90. The molecule has 0 atom stereocenters. The lowest BCUT2D eigenvalue weighted by Crippen LogP contribution is -2.16. The second kappa shape index (κ2) is 6.87. The van der Waals surface area contributed by atoms with E-state index < -0.39 is 21.9 Å². The third-order valence-corrected chi connectivity index (χ3v) is 5.44. The van der Waals surface area contributed by atoms with Gasteiger partial charge in [-0.2, -0.15) is 13.2 Å². The molecule has 4 nitrogen and oxygen atoms in total. The summed E-state index contributed by atoms with van der Waals surface area (Å²) in [4.78, 5) is 3.42. The molecule has 0 unspecified atom stereocenters. The van der Waals surface area contributed by atoms with Gasteiger partial charge in [0.05, 0.1) is 10.6 Å². The van der Waals surface area contributed by atoms with Crippen LogP contribution in [0, 0.1) is 3.70 Å². The summed E-state index contributed by atoms with van der Waals surface area (Å²) >= 11 is 1.56. The van der Waals surface area contributed by atoms with E-state index in [0.29, 0.717) is 0 Å². The van der Waals surface area contributed by atoms with Crippen LogP contribution >= 0.6 is 22.6 Å². The Morgan fingerprint density at radius 3 is 2.12 bits per heavy atom. The number of alkyl halides is 3. The zero-order chi connectivity index (χ0) is 18.1. The summed E-state index contributed by atoms with van der Waals surface area (Å²) in [6, 6.07) is 8.12. The molecule has 1 N–H and O–H groups in total. The first-order chi connectivity index (χ1) is 11.0. The summed E-state index contributed by atoms with van der Waals surface area (Å²) in [6.07, 6.45) is -4.58. The lowest BCUT2D eigenvalue weighted by atomic mass is 10.0. The quantitative estimate of drug-likeness (QED) is 0.524. The molecule has 0 bridgehead atoms. The van der Waals surface area contributed by atoms with Crippen LogP contribution in [0.2, 0.25) is 0 Å². The van der Waals surface area contributed by atoms with Gasteiger partial charge in [0, 0.05) is 0 Å². The lowest BCUT2D eigenvalue weighted by Gasteiger charge is -2.12. The number of rotatable bonds is 4. The predicted molar refractivity (Wildman–Crippen MR) is 93.3 cm³/mol. The number of pyridine rings is 1. The molecule has 1 aromatic heterocycles. The normalized spacial score (nSPS) is 12.5. The van der Waals surface area contributed by atoms with Crippen LogP contribution < -0.4 is 4.72 Å². The molecule has 0 radical (unpaired) electrons. The molecule has 130 valence electrons. The predicted octanol–water partition coefficient (Wildman–Crippen LogP) is 4.63. The number of benzene rings is 1. The maximum atomic E-state index is 12.6. The zero-order valence-electron chi connectivity index (χ0n) is 12.7. The van der Waals surface area contributed by atoms with E-state index in [4.69, 9.17) is 0 Å². The molecule has 0 aliphatic rings. The monoisotopic (exact) mass is 470 g/mol. The molecule has 0 saturated carbocycles. The number of nitrogens with one attached hydrogen (secondary N) is 1. The van der Waals surface area contributed by atoms with Crippen LogP contribution in [0.1, 0.15) is 31.0 Å². The Bertz CT molecular complexity index is 835. The van der Waals surface area contributed by atoms with E-state index in [2.05, 4.69) is 9.71 Å². The SMILES string of the molecule is CC(C)c1ccc(S(=O)(=O)Nc2ccc(C(F)(F)F)nc2I)cc1. The largest absolute Gasteiger partial charge is 0.433 e. The maximum Gasteiger partial charge on any atom is 0.433 e. The van der Waals surface area contributed by atoms with Gasteiger partial charge in [0.15, 0.2) is 0 Å². The van der Waals surface area contributed by atoms with Gasteiger partial charge in [-0.05, 0) is 58.3 Å². The third kappa shape index (κ3) is 4.38. The van der Waals surface area contributed by atoms with Crippen molar-refractivity contribution in [2.45, 2.75) is 30.8 Å². The minimum Gasteiger partial charge on any atom is -0.277 e. The van der Waals surface area contributed by atoms with E-state index in [9.17, 15) is 21.6 Å². The van der Waals surface area contributed by atoms with Crippen molar-refractivity contribution >= 4 is 38.3 Å². The van der Waals surface area contributed by atoms with Crippen LogP contribution in [-0.4, -0.2) is 13.4 Å². The Hall–Kier alpha value is -1.36. The van der Waals surface area contributed by atoms with Crippen molar-refractivity contribution in [2.24, 2.45) is 0 Å². The molecule has 2 rings (SSSR count). The van der Waals surface area contributed by atoms with Crippen LogP contribution in [0.25, 0.3) is 0 Å². The standard InChI is InChI=1S/C15H14F3IN2O2S/c1-9(2)10-3-5-11(6-4-10)24(22,23)21-12-7-8-13(15(16,17)18)20-14(12)19/h3-9,21H,1-2H3. The Balaban J connectivity index is 2.29. The second-order valence-corrected chi connectivity index (χ2v) is 8.07. The summed E-state index contributed by atoms with van der Waals surface area (Å²) in [5, 5.41) is 0. The first kappa shape index (κ1) is 19.0. The van der Waals surface area contributed by atoms with Gasteiger partial charge in [-0.1, -0.05) is 26.0 Å². The van der Waals surface area contributed by atoms with Gasteiger partial charge in [-0.25, -0.2) is 13.4 Å². The molecule has 0 aliphatic carbocycles. The zero-order valence-corrected chi connectivity index (χ0v) is 15.7. The molecule has 1 heterocycles. The second-order valence-electron chi connectivity index (χ2n) is 5.36. The molecule has 0 amide bonds. The molecule has 0 fully saturated rings. The number of aromatic nitrogens is 1. The van der Waals surface area contributed by atoms with Gasteiger partial charge in [0.1, 0.15) is 9.39 Å². The average Bonchev–Trinajstić information content (AvgIpc) is 2.48. The van der Waals surface area contributed by atoms with E-state index in [1.807, 2.05) is 13.8 Å². The topological polar surface area (TPSA) is 59.1 Å². The molecule has 9 heteroatoms. The van der Waals surface area contributed by atoms with E-state index in [1.54, 1.807) is 34.7 Å². The van der Waals surface area contributed by atoms with E-state index >= 15 is 0 Å². The molecule has 0 saturated heterocycles. The van der Waals surface area contributed by atoms with E-state index in [1.165, 1.54) is 12.1 Å². The highest BCUT2D eigenvalue weighted by Gasteiger charge is 2.33. The van der Waals surface area contributed by atoms with E-state index in [0.717, 1.165) is 17.7 Å². The van der Waals surface area contributed by atoms with Crippen molar-refractivity contribution in [2.75, 3.05) is 4.72 Å². The van der Waals surface area contributed by atoms with Crippen LogP contribution in [-0.2, 0) is 16.2 Å². The minimum atomic E-state index is -4.58. The van der Waals surface area contributed by atoms with Crippen LogP contribution in [0.5, 0.6) is 0 Å². The number of halogens is 4. The summed E-state index contributed by atoms with van der Waals surface area (Å²) < 4.78 is 64.7. The third-order valence-electron chi connectivity index (χ3n) is 3.24. The minimum absolute atomic E-state index is 0.00321. The van der Waals surface area contributed by atoms with Gasteiger partial charge in [-0.15, -0.1) is 0 Å². The molecule has 24 heavy (non-hydrogen) atoms. The fourth-order valence-corrected chi connectivity index (χ4v) is 3.73. The highest BCUT2D eigenvalue weighted by atomic mass is 127. The van der Waals surface area contributed by atoms with Gasteiger partial charge in [-0.3, -0.25) is 4.72 Å². The van der Waals surface area contributed by atoms with Crippen molar-refractivity contribution in [1.82, 2.24) is 4.98 Å². The average molecular weight is 470 g/mol. The number of sulfonamides is 1. The maximum absolute atomic E-state index is 12.6. The van der Waals surface area contributed by atoms with Crippen LogP contribution in [0.3, 0.4) is 0 Å². The van der Waals surface area contributed by atoms with Crippen LogP contribution in [0.15, 0.2) is 41.3 Å². The van der Waals surface area contributed by atoms with Crippen LogP contribution in [0.4, 0.5) is 18.9 Å². The van der Waals surface area contributed by atoms with Gasteiger partial charge < -0.3 is 0 Å². The number of hydrogen-bond donors (Lipinski definition) is 1. The van der Waals surface area contributed by atoms with Crippen molar-refractivity contribution < 1.29 is 21.6 Å². The number of anilines is 1. The fourth-order valence-electron chi connectivity index (χ4n) is 1.90. The molecule has 2 aromatic rings. The molecule has 0 spiro atoms. The summed E-state index contributed by atoms with van der Waals surface area (Å²) in [5.74, 6) is 0.259. The van der Waals surface area contributed by atoms with Crippen molar-refractivity contribution in [3.8, 4) is 0 Å². The Morgan fingerprint density at radius 2 is 1.67 bits per heavy atom. The Morgan fingerprint density at radius 1 is 1.08 bits per heavy atom.